The third-order valence-electron chi connectivity index (χ3n) is 3.74. The number of carbonyl (C=O) groups excluding carboxylic acids is 1. The van der Waals surface area contributed by atoms with Gasteiger partial charge in [0.15, 0.2) is 5.78 Å². The maximum absolute atomic E-state index is 12.4. The molecule has 22 heavy (non-hydrogen) atoms. The molecular formula is C17H18N2O3. The van der Waals surface area contributed by atoms with Crippen LogP contribution in [0.3, 0.4) is 0 Å². The molecule has 1 aromatic heterocycles. The van der Waals surface area contributed by atoms with Gasteiger partial charge in [-0.15, -0.1) is 0 Å². The van der Waals surface area contributed by atoms with Crippen LogP contribution >= 0.6 is 0 Å². The molecule has 2 aromatic rings. The molecule has 0 unspecified atom stereocenters. The topological polar surface area (TPSA) is 73.1 Å². The number of hydrogen-bond donors (Lipinski definition) is 0. The molecule has 1 heterocycles. The van der Waals surface area contributed by atoms with Crippen LogP contribution in [0.2, 0.25) is 0 Å². The number of aromatic nitrogens is 1. The number of hydrogen-bond acceptors (Lipinski definition) is 4. The summed E-state index contributed by atoms with van der Waals surface area (Å²) >= 11 is 0. The van der Waals surface area contributed by atoms with E-state index in [9.17, 15) is 14.9 Å². The van der Waals surface area contributed by atoms with E-state index in [0.717, 1.165) is 5.56 Å². The summed E-state index contributed by atoms with van der Waals surface area (Å²) in [5.41, 5.74) is 1.16. The SMILES string of the molecule is CC[C@@H]([C@@H](CC(=O)c1ccccn1)c1ccccc1)[N+](=O)[O-]. The highest BCUT2D eigenvalue weighted by Gasteiger charge is 2.33. The summed E-state index contributed by atoms with van der Waals surface area (Å²) in [6.07, 6.45) is 2.01. The fourth-order valence-electron chi connectivity index (χ4n) is 2.59. The highest BCUT2D eigenvalue weighted by Crippen LogP contribution is 2.28. The van der Waals surface area contributed by atoms with Gasteiger partial charge in [0, 0.05) is 24.0 Å². The van der Waals surface area contributed by atoms with Gasteiger partial charge in [0.05, 0.1) is 5.92 Å². The summed E-state index contributed by atoms with van der Waals surface area (Å²) in [4.78, 5) is 27.5. The lowest BCUT2D eigenvalue weighted by atomic mass is 9.85. The lowest BCUT2D eigenvalue weighted by Crippen LogP contribution is -2.29. The zero-order valence-corrected chi connectivity index (χ0v) is 12.4. The average Bonchev–Trinajstić information content (AvgIpc) is 2.55. The van der Waals surface area contributed by atoms with E-state index in [1.54, 1.807) is 31.3 Å². The van der Waals surface area contributed by atoms with Crippen LogP contribution in [0.5, 0.6) is 0 Å². The van der Waals surface area contributed by atoms with Crippen LogP contribution < -0.4 is 0 Å². The van der Waals surface area contributed by atoms with Gasteiger partial charge in [-0.2, -0.15) is 0 Å². The van der Waals surface area contributed by atoms with Crippen molar-refractivity contribution in [2.45, 2.75) is 31.7 Å². The molecule has 0 spiro atoms. The lowest BCUT2D eigenvalue weighted by molar-refractivity contribution is -0.527. The van der Waals surface area contributed by atoms with Gasteiger partial charge in [0.1, 0.15) is 5.69 Å². The first-order chi connectivity index (χ1) is 10.6. The smallest absolute Gasteiger partial charge is 0.220 e. The van der Waals surface area contributed by atoms with E-state index in [0.29, 0.717) is 12.1 Å². The van der Waals surface area contributed by atoms with Crippen molar-refractivity contribution >= 4 is 5.78 Å². The number of nitro groups is 1. The lowest BCUT2D eigenvalue weighted by Gasteiger charge is -2.19. The maximum atomic E-state index is 12.4. The van der Waals surface area contributed by atoms with E-state index in [1.807, 2.05) is 30.3 Å². The predicted octanol–water partition coefficient (Wildman–Crippen LogP) is 3.49. The zero-order chi connectivity index (χ0) is 15.9. The second-order valence-corrected chi connectivity index (χ2v) is 5.12. The first-order valence-electron chi connectivity index (χ1n) is 7.26. The monoisotopic (exact) mass is 298 g/mol. The van der Waals surface area contributed by atoms with Crippen molar-refractivity contribution in [2.75, 3.05) is 0 Å². The molecule has 114 valence electrons. The Hall–Kier alpha value is -2.56. The Kier molecular flexibility index (Phi) is 5.36. The van der Waals surface area contributed by atoms with Crippen LogP contribution in [-0.2, 0) is 0 Å². The molecule has 0 saturated carbocycles. The fraction of sp³-hybridized carbons (Fsp3) is 0.294. The van der Waals surface area contributed by atoms with Crippen LogP contribution in [0.1, 0.15) is 41.7 Å². The average molecular weight is 298 g/mol. The molecule has 0 amide bonds. The van der Waals surface area contributed by atoms with Gasteiger partial charge in [-0.1, -0.05) is 43.3 Å². The summed E-state index contributed by atoms with van der Waals surface area (Å²) < 4.78 is 0. The highest BCUT2D eigenvalue weighted by atomic mass is 16.6. The van der Waals surface area contributed by atoms with Gasteiger partial charge in [-0.3, -0.25) is 19.9 Å². The Morgan fingerprint density at radius 3 is 2.41 bits per heavy atom. The van der Waals surface area contributed by atoms with E-state index in [1.165, 1.54) is 0 Å². The number of rotatable bonds is 7. The van der Waals surface area contributed by atoms with Crippen molar-refractivity contribution in [2.24, 2.45) is 0 Å². The number of nitrogens with zero attached hydrogens (tertiary/aromatic N) is 2. The molecule has 0 N–H and O–H groups in total. The summed E-state index contributed by atoms with van der Waals surface area (Å²) in [5, 5.41) is 11.3. The van der Waals surface area contributed by atoms with Gasteiger partial charge in [0.25, 0.3) is 0 Å². The van der Waals surface area contributed by atoms with Gasteiger partial charge in [-0.25, -0.2) is 0 Å². The van der Waals surface area contributed by atoms with Crippen molar-refractivity contribution in [3.05, 3.63) is 76.1 Å². The van der Waals surface area contributed by atoms with E-state index in [4.69, 9.17) is 0 Å². The van der Waals surface area contributed by atoms with Gasteiger partial charge in [0.2, 0.25) is 6.04 Å². The van der Waals surface area contributed by atoms with Crippen LogP contribution in [0.25, 0.3) is 0 Å². The molecule has 0 bridgehead atoms. The molecule has 5 nitrogen and oxygen atoms in total. The van der Waals surface area contributed by atoms with Crippen LogP contribution in [0.4, 0.5) is 0 Å². The van der Waals surface area contributed by atoms with Crippen molar-refractivity contribution in [3.8, 4) is 0 Å². The van der Waals surface area contributed by atoms with E-state index in [2.05, 4.69) is 4.98 Å². The molecule has 2 atom stereocenters. The molecule has 0 fully saturated rings. The first kappa shape index (κ1) is 15.8. The molecule has 2 rings (SSSR count). The standard InChI is InChI=1S/C17H18N2O3/c1-2-16(19(21)22)14(13-8-4-3-5-9-13)12-17(20)15-10-6-7-11-18-15/h3-11,14,16H,2,12H2,1H3/t14-,16-/m0/s1. The first-order valence-corrected chi connectivity index (χ1v) is 7.26. The molecule has 0 aliphatic heterocycles. The Balaban J connectivity index is 2.29. The summed E-state index contributed by atoms with van der Waals surface area (Å²) in [6.45, 7) is 1.77. The molecule has 0 saturated heterocycles. The Bertz CT molecular complexity index is 629. The van der Waals surface area contributed by atoms with Crippen molar-refractivity contribution in [1.82, 2.24) is 4.98 Å². The quantitative estimate of drug-likeness (QED) is 0.445. The van der Waals surface area contributed by atoms with Gasteiger partial charge in [-0.05, 0) is 17.7 Å². The predicted molar refractivity (Wildman–Crippen MR) is 83.4 cm³/mol. The van der Waals surface area contributed by atoms with Crippen LogP contribution in [-0.4, -0.2) is 21.7 Å². The third-order valence-corrected chi connectivity index (χ3v) is 3.74. The number of carbonyl (C=O) groups is 1. The normalized spacial score (nSPS) is 13.3. The van der Waals surface area contributed by atoms with Gasteiger partial charge >= 0.3 is 0 Å². The van der Waals surface area contributed by atoms with E-state index < -0.39 is 12.0 Å². The summed E-state index contributed by atoms with van der Waals surface area (Å²) in [5.74, 6) is -0.620. The van der Waals surface area contributed by atoms with E-state index >= 15 is 0 Å². The molecule has 1 aromatic carbocycles. The van der Waals surface area contributed by atoms with Gasteiger partial charge < -0.3 is 0 Å². The summed E-state index contributed by atoms with van der Waals surface area (Å²) in [7, 11) is 0. The van der Waals surface area contributed by atoms with Crippen LogP contribution in [0.15, 0.2) is 54.7 Å². The Labute approximate surface area is 129 Å². The minimum absolute atomic E-state index is 0.0838. The minimum Gasteiger partial charge on any atom is -0.292 e. The van der Waals surface area contributed by atoms with Crippen molar-refractivity contribution in [1.29, 1.82) is 0 Å². The second kappa shape index (κ2) is 7.45. The highest BCUT2D eigenvalue weighted by molar-refractivity contribution is 5.94. The Morgan fingerprint density at radius 1 is 1.18 bits per heavy atom. The van der Waals surface area contributed by atoms with Crippen molar-refractivity contribution < 1.29 is 9.72 Å². The molecule has 0 aliphatic rings. The third kappa shape index (κ3) is 3.75. The van der Waals surface area contributed by atoms with E-state index in [-0.39, 0.29) is 17.1 Å². The van der Waals surface area contributed by atoms with Crippen molar-refractivity contribution in [3.63, 3.8) is 0 Å². The maximum Gasteiger partial charge on any atom is 0.220 e. The number of Topliss-reactive ketones (excluding diaryl/α,β-unsaturated/α-hetero) is 1. The molecule has 0 aliphatic carbocycles. The largest absolute Gasteiger partial charge is 0.292 e. The number of benzene rings is 1. The zero-order valence-electron chi connectivity index (χ0n) is 12.4. The molecular weight excluding hydrogens is 280 g/mol. The number of ketones is 1. The molecule has 5 heteroatoms. The minimum atomic E-state index is -0.782. The van der Waals surface area contributed by atoms with Crippen LogP contribution in [0, 0.1) is 10.1 Å². The fourth-order valence-corrected chi connectivity index (χ4v) is 2.59. The Morgan fingerprint density at radius 2 is 1.86 bits per heavy atom. The number of pyridine rings is 1. The summed E-state index contributed by atoms with van der Waals surface area (Å²) in [6, 6.07) is 13.5. The second-order valence-electron chi connectivity index (χ2n) is 5.12. The molecule has 0 radical (unpaired) electrons.